The lowest BCUT2D eigenvalue weighted by molar-refractivity contribution is -0.130. The number of aliphatic hydroxyl groups excluding tert-OH is 1. The number of aldehydes is 1. The second kappa shape index (κ2) is 5.31. The zero-order valence-electron chi connectivity index (χ0n) is 7.75. The fourth-order valence-corrected chi connectivity index (χ4v) is 1.93. The van der Waals surface area contributed by atoms with E-state index in [1.54, 1.807) is 0 Å². The predicted molar refractivity (Wildman–Crippen MR) is 51.2 cm³/mol. The predicted octanol–water partition coefficient (Wildman–Crippen LogP) is -2.43. The number of carbonyl (C=O) groups is 2. The molecule has 86 valence electrons. The van der Waals surface area contributed by atoms with Gasteiger partial charge in [0.05, 0.1) is 11.3 Å². The maximum absolute atomic E-state index is 11.3. The lowest BCUT2D eigenvalue weighted by atomic mass is 10.2. The average molecular weight is 236 g/mol. The molecule has 1 saturated heterocycles. The van der Waals surface area contributed by atoms with Crippen LogP contribution in [0.25, 0.3) is 0 Å². The lowest BCUT2D eigenvalue weighted by Gasteiger charge is -2.11. The number of nitrogens with one attached hydrogen (secondary N) is 2. The quantitative estimate of drug-likeness (QED) is 0.245. The van der Waals surface area contributed by atoms with Crippen molar-refractivity contribution >= 4 is 23.3 Å². The highest BCUT2D eigenvalue weighted by Crippen LogP contribution is 2.11. The molecule has 0 aromatic heterocycles. The van der Waals surface area contributed by atoms with Gasteiger partial charge in [-0.2, -0.15) is 0 Å². The Hall–Kier alpha value is -0.830. The van der Waals surface area contributed by atoms with E-state index in [0.29, 0.717) is 0 Å². The average Bonchev–Trinajstić information content (AvgIpc) is 2.66. The highest BCUT2D eigenvalue weighted by atomic mass is 32.2. The maximum atomic E-state index is 11.3. The maximum Gasteiger partial charge on any atom is 0.239 e. The third kappa shape index (κ3) is 3.34. The first-order chi connectivity index (χ1) is 7.04. The summed E-state index contributed by atoms with van der Waals surface area (Å²) in [6.45, 7) is 0.262. The number of carbonyl (C=O) groups excluding carboxylic acids is 2. The zero-order chi connectivity index (χ0) is 11.4. The Bertz CT molecular complexity index is 285. The SMILES string of the molecule is O=CC(O)NC(=O)C1CC(S(=O)O)CN1. The molecule has 4 atom stereocenters. The number of rotatable bonds is 4. The zero-order valence-corrected chi connectivity index (χ0v) is 8.57. The van der Waals surface area contributed by atoms with Crippen molar-refractivity contribution in [3.8, 4) is 0 Å². The summed E-state index contributed by atoms with van der Waals surface area (Å²) in [6.07, 6.45) is -1.13. The summed E-state index contributed by atoms with van der Waals surface area (Å²) in [6, 6.07) is -0.638. The molecule has 0 spiro atoms. The van der Waals surface area contributed by atoms with E-state index in [9.17, 15) is 13.8 Å². The van der Waals surface area contributed by atoms with Crippen LogP contribution in [0.5, 0.6) is 0 Å². The molecule has 4 unspecified atom stereocenters. The molecule has 0 radical (unpaired) electrons. The normalized spacial score (nSPS) is 29.5. The molecule has 1 aliphatic rings. The van der Waals surface area contributed by atoms with Crippen molar-refractivity contribution in [2.24, 2.45) is 0 Å². The van der Waals surface area contributed by atoms with E-state index in [2.05, 4.69) is 5.32 Å². The Kier molecular flexibility index (Phi) is 4.33. The van der Waals surface area contributed by atoms with Crippen LogP contribution in [0.15, 0.2) is 0 Å². The standard InChI is InChI=1S/C7H12N2O5S/c10-3-6(11)9-7(12)5-1-4(2-8-5)15(13)14/h3-6,8,11H,1-2H2,(H,9,12)(H,13,14). The van der Waals surface area contributed by atoms with Crippen molar-refractivity contribution in [2.75, 3.05) is 6.54 Å². The molecule has 7 nitrogen and oxygen atoms in total. The topological polar surface area (TPSA) is 116 Å². The summed E-state index contributed by atoms with van der Waals surface area (Å²) in [5.74, 6) is -0.553. The van der Waals surface area contributed by atoms with Gasteiger partial charge in [-0.1, -0.05) is 0 Å². The lowest BCUT2D eigenvalue weighted by Crippen LogP contribution is -2.45. The van der Waals surface area contributed by atoms with Gasteiger partial charge in [0.25, 0.3) is 0 Å². The van der Waals surface area contributed by atoms with Crippen LogP contribution in [0.1, 0.15) is 6.42 Å². The second-order valence-electron chi connectivity index (χ2n) is 3.18. The van der Waals surface area contributed by atoms with E-state index in [0.717, 1.165) is 0 Å². The van der Waals surface area contributed by atoms with Gasteiger partial charge in [0.15, 0.2) is 23.6 Å². The monoisotopic (exact) mass is 236 g/mol. The fraction of sp³-hybridized carbons (Fsp3) is 0.714. The summed E-state index contributed by atoms with van der Waals surface area (Å²) in [5.41, 5.74) is 0. The molecule has 0 bridgehead atoms. The van der Waals surface area contributed by atoms with Crippen molar-refractivity contribution < 1.29 is 23.5 Å². The van der Waals surface area contributed by atoms with Crippen LogP contribution in [0, 0.1) is 0 Å². The summed E-state index contributed by atoms with van der Waals surface area (Å²) in [7, 11) is 0. The highest BCUT2D eigenvalue weighted by Gasteiger charge is 2.32. The van der Waals surface area contributed by atoms with E-state index in [1.165, 1.54) is 0 Å². The summed E-state index contributed by atoms with van der Waals surface area (Å²) in [5, 5.41) is 13.1. The van der Waals surface area contributed by atoms with Gasteiger partial charge in [0.1, 0.15) is 0 Å². The van der Waals surface area contributed by atoms with Crippen LogP contribution in [-0.4, -0.2) is 50.1 Å². The van der Waals surface area contributed by atoms with Gasteiger partial charge >= 0.3 is 0 Å². The molecule has 0 aromatic rings. The van der Waals surface area contributed by atoms with E-state index in [4.69, 9.17) is 9.66 Å². The van der Waals surface area contributed by atoms with Gasteiger partial charge in [-0.3, -0.25) is 9.59 Å². The fourth-order valence-electron chi connectivity index (χ4n) is 1.34. The molecule has 0 saturated carbocycles. The Morgan fingerprint density at radius 3 is 2.80 bits per heavy atom. The summed E-state index contributed by atoms with van der Waals surface area (Å²) < 4.78 is 19.5. The molecule has 0 aliphatic carbocycles. The third-order valence-electron chi connectivity index (χ3n) is 2.11. The molecule has 1 amide bonds. The Morgan fingerprint density at radius 2 is 2.33 bits per heavy atom. The van der Waals surface area contributed by atoms with Crippen LogP contribution >= 0.6 is 0 Å². The van der Waals surface area contributed by atoms with E-state index < -0.39 is 34.5 Å². The van der Waals surface area contributed by atoms with Crippen LogP contribution in [0.3, 0.4) is 0 Å². The largest absolute Gasteiger partial charge is 0.367 e. The van der Waals surface area contributed by atoms with Crippen LogP contribution < -0.4 is 10.6 Å². The Labute approximate surface area is 88.5 Å². The summed E-state index contributed by atoms with van der Waals surface area (Å²) in [4.78, 5) is 21.4. The van der Waals surface area contributed by atoms with Crippen molar-refractivity contribution in [2.45, 2.75) is 23.9 Å². The summed E-state index contributed by atoms with van der Waals surface area (Å²) >= 11 is -1.97. The minimum absolute atomic E-state index is 0.189. The number of hydrogen-bond acceptors (Lipinski definition) is 5. The first-order valence-electron chi connectivity index (χ1n) is 4.31. The minimum Gasteiger partial charge on any atom is -0.367 e. The van der Waals surface area contributed by atoms with E-state index in [-0.39, 0.29) is 19.3 Å². The van der Waals surface area contributed by atoms with E-state index in [1.807, 2.05) is 5.32 Å². The first-order valence-corrected chi connectivity index (χ1v) is 5.48. The van der Waals surface area contributed by atoms with Crippen molar-refractivity contribution in [3.63, 3.8) is 0 Å². The first kappa shape index (κ1) is 12.2. The number of amides is 1. The second-order valence-corrected chi connectivity index (χ2v) is 4.40. The van der Waals surface area contributed by atoms with Gasteiger partial charge in [0, 0.05) is 6.54 Å². The number of hydrogen-bond donors (Lipinski definition) is 4. The van der Waals surface area contributed by atoms with Gasteiger partial charge < -0.3 is 20.3 Å². The molecular formula is C7H12N2O5S. The molecule has 1 rings (SSSR count). The Balaban J connectivity index is 2.43. The van der Waals surface area contributed by atoms with Gasteiger partial charge in [-0.25, -0.2) is 4.21 Å². The molecule has 1 aliphatic heterocycles. The van der Waals surface area contributed by atoms with Crippen molar-refractivity contribution in [1.82, 2.24) is 10.6 Å². The smallest absolute Gasteiger partial charge is 0.239 e. The molecule has 1 fully saturated rings. The van der Waals surface area contributed by atoms with Crippen molar-refractivity contribution in [3.05, 3.63) is 0 Å². The number of aliphatic hydroxyl groups is 1. The molecule has 8 heteroatoms. The molecule has 0 aromatic carbocycles. The molecule has 1 heterocycles. The van der Waals surface area contributed by atoms with Crippen LogP contribution in [0.2, 0.25) is 0 Å². The highest BCUT2D eigenvalue weighted by molar-refractivity contribution is 7.79. The van der Waals surface area contributed by atoms with Gasteiger partial charge in [0.2, 0.25) is 5.91 Å². The molecule has 15 heavy (non-hydrogen) atoms. The Morgan fingerprint density at radius 1 is 1.67 bits per heavy atom. The van der Waals surface area contributed by atoms with Gasteiger partial charge in [-0.05, 0) is 6.42 Å². The van der Waals surface area contributed by atoms with E-state index >= 15 is 0 Å². The van der Waals surface area contributed by atoms with Crippen molar-refractivity contribution in [1.29, 1.82) is 0 Å². The van der Waals surface area contributed by atoms with Crippen LogP contribution in [0.4, 0.5) is 0 Å². The molecule has 4 N–H and O–H groups in total. The molecular weight excluding hydrogens is 224 g/mol. The minimum atomic E-state index is -1.97. The third-order valence-corrected chi connectivity index (χ3v) is 3.04. The van der Waals surface area contributed by atoms with Gasteiger partial charge in [-0.15, -0.1) is 0 Å². The van der Waals surface area contributed by atoms with Crippen LogP contribution in [-0.2, 0) is 20.7 Å².